The van der Waals surface area contributed by atoms with Gasteiger partial charge in [-0.15, -0.1) is 11.6 Å². The maximum Gasteiger partial charge on any atom is 0.234 e. The number of para-hydroxylation sites is 1. The predicted molar refractivity (Wildman–Crippen MR) is 63.3 cm³/mol. The Morgan fingerprint density at radius 2 is 2.12 bits per heavy atom. The van der Waals surface area contributed by atoms with Crippen LogP contribution in [0.15, 0.2) is 39.7 Å². The van der Waals surface area contributed by atoms with E-state index in [0.717, 1.165) is 0 Å². The summed E-state index contributed by atoms with van der Waals surface area (Å²) < 4.78 is 10.6. The van der Waals surface area contributed by atoms with E-state index in [2.05, 4.69) is 0 Å². The summed E-state index contributed by atoms with van der Waals surface area (Å²) in [5.74, 6) is 0.752. The second-order valence-corrected chi connectivity index (χ2v) is 3.69. The highest BCUT2D eigenvalue weighted by Gasteiger charge is 2.06. The molecule has 84 valence electrons. The molecule has 0 aliphatic heterocycles. The summed E-state index contributed by atoms with van der Waals surface area (Å²) in [4.78, 5) is 11.9. The fraction of sp³-hybridized carbons (Fsp3) is 0.250. The highest BCUT2D eigenvalue weighted by molar-refractivity contribution is 6.17. The molecule has 4 heteroatoms. The molecule has 2 aromatic rings. The Morgan fingerprint density at radius 3 is 2.94 bits per heavy atom. The number of hydrogen-bond acceptors (Lipinski definition) is 3. The Morgan fingerprint density at radius 1 is 1.31 bits per heavy atom. The summed E-state index contributed by atoms with van der Waals surface area (Å²) in [5, 5.41) is 0.533. The fourth-order valence-electron chi connectivity index (χ4n) is 1.40. The normalized spacial score (nSPS) is 10.6. The molecular formula is C12H11ClO3. The minimum absolute atomic E-state index is 0.142. The van der Waals surface area contributed by atoms with Gasteiger partial charge in [-0.1, -0.05) is 12.1 Å². The van der Waals surface area contributed by atoms with Crippen molar-refractivity contribution in [3.05, 3.63) is 40.8 Å². The number of alkyl halides is 1. The molecule has 0 unspecified atom stereocenters. The third-order valence-corrected chi connectivity index (χ3v) is 2.45. The van der Waals surface area contributed by atoms with E-state index in [-0.39, 0.29) is 11.2 Å². The van der Waals surface area contributed by atoms with Gasteiger partial charge in [-0.3, -0.25) is 4.79 Å². The van der Waals surface area contributed by atoms with Gasteiger partial charge in [-0.05, 0) is 18.6 Å². The molecule has 1 heterocycles. The zero-order chi connectivity index (χ0) is 11.4. The van der Waals surface area contributed by atoms with Crippen LogP contribution in [0.3, 0.4) is 0 Å². The first-order valence-corrected chi connectivity index (χ1v) is 5.55. The molecule has 0 N–H and O–H groups in total. The molecule has 0 amide bonds. The highest BCUT2D eigenvalue weighted by Crippen LogP contribution is 2.14. The summed E-state index contributed by atoms with van der Waals surface area (Å²) in [6.07, 6.45) is 2.05. The van der Waals surface area contributed by atoms with Crippen LogP contribution in [0.2, 0.25) is 0 Å². The van der Waals surface area contributed by atoms with Gasteiger partial charge in [0.25, 0.3) is 0 Å². The Bertz CT molecular complexity index is 533. The second-order valence-electron chi connectivity index (χ2n) is 3.32. The van der Waals surface area contributed by atoms with Gasteiger partial charge in [0.1, 0.15) is 11.8 Å². The summed E-state index contributed by atoms with van der Waals surface area (Å²) in [6, 6.07) is 7.08. The lowest BCUT2D eigenvalue weighted by Gasteiger charge is -2.04. The van der Waals surface area contributed by atoms with Crippen molar-refractivity contribution in [1.29, 1.82) is 0 Å². The van der Waals surface area contributed by atoms with E-state index in [4.69, 9.17) is 20.8 Å². The highest BCUT2D eigenvalue weighted by atomic mass is 35.5. The summed E-state index contributed by atoms with van der Waals surface area (Å²) in [5.41, 5.74) is 0.425. The SMILES string of the molecule is O=c1c(OCCCCl)coc2ccccc12. The van der Waals surface area contributed by atoms with E-state index in [9.17, 15) is 4.79 Å². The number of benzene rings is 1. The van der Waals surface area contributed by atoms with Crippen molar-refractivity contribution < 1.29 is 9.15 Å². The maximum absolute atomic E-state index is 11.9. The molecule has 1 aromatic heterocycles. The molecule has 0 aliphatic carbocycles. The van der Waals surface area contributed by atoms with Gasteiger partial charge >= 0.3 is 0 Å². The average Bonchev–Trinajstić information content (AvgIpc) is 2.33. The second kappa shape index (κ2) is 5.03. The number of rotatable bonds is 4. The zero-order valence-electron chi connectivity index (χ0n) is 8.61. The van der Waals surface area contributed by atoms with E-state index in [0.29, 0.717) is 29.9 Å². The molecule has 3 nitrogen and oxygen atoms in total. The molecule has 2 rings (SSSR count). The molecular weight excluding hydrogens is 228 g/mol. The molecule has 0 fully saturated rings. The van der Waals surface area contributed by atoms with Crippen molar-refractivity contribution in [2.75, 3.05) is 12.5 Å². The molecule has 0 saturated heterocycles. The Balaban J connectivity index is 2.33. The zero-order valence-corrected chi connectivity index (χ0v) is 9.37. The van der Waals surface area contributed by atoms with Crippen molar-refractivity contribution in [2.45, 2.75) is 6.42 Å². The van der Waals surface area contributed by atoms with E-state index < -0.39 is 0 Å². The van der Waals surface area contributed by atoms with E-state index in [1.165, 1.54) is 6.26 Å². The van der Waals surface area contributed by atoms with Crippen molar-refractivity contribution in [2.24, 2.45) is 0 Å². The lowest BCUT2D eigenvalue weighted by molar-refractivity contribution is 0.307. The summed E-state index contributed by atoms with van der Waals surface area (Å²) >= 11 is 5.52. The van der Waals surface area contributed by atoms with Crippen LogP contribution in [0.4, 0.5) is 0 Å². The van der Waals surface area contributed by atoms with Crippen molar-refractivity contribution >= 4 is 22.6 Å². The van der Waals surface area contributed by atoms with Crippen LogP contribution in [-0.2, 0) is 0 Å². The van der Waals surface area contributed by atoms with Gasteiger partial charge in [0.2, 0.25) is 11.2 Å². The largest absolute Gasteiger partial charge is 0.487 e. The Kier molecular flexibility index (Phi) is 3.47. The van der Waals surface area contributed by atoms with Gasteiger partial charge in [-0.25, -0.2) is 0 Å². The molecule has 0 bridgehead atoms. The first-order valence-electron chi connectivity index (χ1n) is 5.02. The van der Waals surface area contributed by atoms with Gasteiger partial charge in [0.05, 0.1) is 12.0 Å². The van der Waals surface area contributed by atoms with Crippen LogP contribution in [0, 0.1) is 0 Å². The molecule has 0 atom stereocenters. The first-order chi connectivity index (χ1) is 7.83. The smallest absolute Gasteiger partial charge is 0.234 e. The molecule has 0 spiro atoms. The molecule has 0 radical (unpaired) electrons. The van der Waals surface area contributed by atoms with Gasteiger partial charge < -0.3 is 9.15 Å². The van der Waals surface area contributed by atoms with E-state index >= 15 is 0 Å². The van der Waals surface area contributed by atoms with E-state index in [1.54, 1.807) is 18.2 Å². The van der Waals surface area contributed by atoms with Crippen LogP contribution < -0.4 is 10.2 Å². The first kappa shape index (κ1) is 11.0. The minimum atomic E-state index is -0.142. The van der Waals surface area contributed by atoms with Gasteiger partial charge in [0.15, 0.2) is 0 Å². The lowest BCUT2D eigenvalue weighted by Crippen LogP contribution is -2.09. The van der Waals surface area contributed by atoms with Crippen molar-refractivity contribution in [3.63, 3.8) is 0 Å². The van der Waals surface area contributed by atoms with Crippen molar-refractivity contribution in [3.8, 4) is 5.75 Å². The molecule has 16 heavy (non-hydrogen) atoms. The lowest BCUT2D eigenvalue weighted by atomic mass is 10.2. The van der Waals surface area contributed by atoms with Gasteiger partial charge in [0, 0.05) is 5.88 Å². The number of ether oxygens (including phenoxy) is 1. The monoisotopic (exact) mass is 238 g/mol. The van der Waals surface area contributed by atoms with Crippen molar-refractivity contribution in [1.82, 2.24) is 0 Å². The topological polar surface area (TPSA) is 39.4 Å². The van der Waals surface area contributed by atoms with Crippen LogP contribution in [0.1, 0.15) is 6.42 Å². The standard InChI is InChI=1S/C12H11ClO3/c13-6-3-7-15-11-8-16-10-5-2-1-4-9(10)12(11)14/h1-2,4-5,8H,3,6-7H2. The minimum Gasteiger partial charge on any atom is -0.487 e. The molecule has 1 aromatic carbocycles. The number of hydrogen-bond donors (Lipinski definition) is 0. The quantitative estimate of drug-likeness (QED) is 0.607. The Labute approximate surface area is 97.6 Å². The third-order valence-electron chi connectivity index (χ3n) is 2.18. The van der Waals surface area contributed by atoms with Crippen LogP contribution in [0.5, 0.6) is 5.75 Å². The van der Waals surface area contributed by atoms with Gasteiger partial charge in [-0.2, -0.15) is 0 Å². The third kappa shape index (κ3) is 2.19. The van der Waals surface area contributed by atoms with Crippen LogP contribution in [-0.4, -0.2) is 12.5 Å². The van der Waals surface area contributed by atoms with Crippen LogP contribution in [0.25, 0.3) is 11.0 Å². The predicted octanol–water partition coefficient (Wildman–Crippen LogP) is 2.80. The maximum atomic E-state index is 11.9. The average molecular weight is 239 g/mol. The fourth-order valence-corrected chi connectivity index (χ4v) is 1.51. The molecule has 0 aliphatic rings. The van der Waals surface area contributed by atoms with E-state index in [1.807, 2.05) is 6.07 Å². The number of halogens is 1. The summed E-state index contributed by atoms with van der Waals surface area (Å²) in [6.45, 7) is 0.423. The number of fused-ring (bicyclic) bond motifs is 1. The Hall–Kier alpha value is -1.48. The van der Waals surface area contributed by atoms with Crippen LogP contribution >= 0.6 is 11.6 Å². The summed E-state index contributed by atoms with van der Waals surface area (Å²) in [7, 11) is 0. The molecule has 0 saturated carbocycles.